The lowest BCUT2D eigenvalue weighted by atomic mass is 10.0. The third kappa shape index (κ3) is 6.89. The molecule has 0 spiro atoms. The second-order valence-corrected chi connectivity index (χ2v) is 8.19. The first-order valence-electron chi connectivity index (χ1n) is 9.70. The molecule has 0 bridgehead atoms. The molecule has 0 heterocycles. The van der Waals surface area contributed by atoms with E-state index in [1.54, 1.807) is 6.92 Å². The molecule has 1 aliphatic rings. The van der Waals surface area contributed by atoms with Crippen LogP contribution >= 0.6 is 0 Å². The van der Waals surface area contributed by atoms with Crippen molar-refractivity contribution in [3.8, 4) is 0 Å². The highest BCUT2D eigenvalue weighted by Crippen LogP contribution is 2.49. The maximum absolute atomic E-state index is 12.4. The lowest BCUT2D eigenvalue weighted by Crippen LogP contribution is -2.40. The monoisotopic (exact) mass is 366 g/mol. The Kier molecular flexibility index (Phi) is 8.44. The molecule has 1 saturated carbocycles. The minimum atomic E-state index is -0.471. The van der Waals surface area contributed by atoms with E-state index in [9.17, 15) is 19.2 Å². The number of rotatable bonds is 11. The second kappa shape index (κ2) is 9.83. The summed E-state index contributed by atoms with van der Waals surface area (Å²) in [7, 11) is 1.53. The molecule has 26 heavy (non-hydrogen) atoms. The normalized spacial score (nSPS) is 21.8. The molecule has 0 radical (unpaired) electrons. The fourth-order valence-corrected chi connectivity index (χ4v) is 3.43. The van der Waals surface area contributed by atoms with Crippen LogP contribution in [0.5, 0.6) is 0 Å². The molecule has 3 unspecified atom stereocenters. The highest BCUT2D eigenvalue weighted by molar-refractivity contribution is 6.03. The molecule has 2 N–H and O–H groups in total. The molecule has 1 aliphatic carbocycles. The number of amides is 2. The second-order valence-electron chi connectivity index (χ2n) is 8.19. The lowest BCUT2D eigenvalue weighted by molar-refractivity contribution is -0.126. The Labute approximate surface area is 156 Å². The van der Waals surface area contributed by atoms with E-state index in [0.717, 1.165) is 25.7 Å². The molecule has 1 rings (SSSR count). The number of hydrogen-bond donors (Lipinski definition) is 2. The van der Waals surface area contributed by atoms with Crippen LogP contribution in [0.3, 0.4) is 0 Å². The standard InChI is InChI=1S/C20H34N2O4/c1-6-13(23)16-17(18(16)19(26)21-5)14(24)11-9-7-8-10-12-15(25)22-20(2,3)4/h16-18H,6-12H2,1-5H3,(H,21,26)(H,22,25). The number of Topliss-reactive ketones (excluding diaryl/α,β-unsaturated/α-hetero) is 2. The van der Waals surface area contributed by atoms with Crippen molar-refractivity contribution >= 4 is 23.4 Å². The number of carbonyl (C=O) groups excluding carboxylic acids is 4. The van der Waals surface area contributed by atoms with Crippen LogP contribution in [-0.2, 0) is 19.2 Å². The zero-order valence-electron chi connectivity index (χ0n) is 16.8. The van der Waals surface area contributed by atoms with Gasteiger partial charge in [0.25, 0.3) is 0 Å². The van der Waals surface area contributed by atoms with Crippen LogP contribution in [0.15, 0.2) is 0 Å². The van der Waals surface area contributed by atoms with Crippen LogP contribution in [0, 0.1) is 17.8 Å². The van der Waals surface area contributed by atoms with E-state index in [1.165, 1.54) is 7.05 Å². The van der Waals surface area contributed by atoms with Crippen molar-refractivity contribution in [1.82, 2.24) is 10.6 Å². The van der Waals surface area contributed by atoms with Gasteiger partial charge in [-0.15, -0.1) is 0 Å². The molecule has 0 aliphatic heterocycles. The van der Waals surface area contributed by atoms with E-state index < -0.39 is 17.8 Å². The molecule has 0 saturated heterocycles. The van der Waals surface area contributed by atoms with Crippen molar-refractivity contribution in [2.24, 2.45) is 17.8 Å². The Morgan fingerprint density at radius 1 is 0.808 bits per heavy atom. The van der Waals surface area contributed by atoms with Gasteiger partial charge in [0.15, 0.2) is 0 Å². The van der Waals surface area contributed by atoms with Gasteiger partial charge in [-0.3, -0.25) is 19.2 Å². The van der Waals surface area contributed by atoms with Gasteiger partial charge in [0.2, 0.25) is 11.8 Å². The van der Waals surface area contributed by atoms with Gasteiger partial charge in [-0.2, -0.15) is 0 Å². The highest BCUT2D eigenvalue weighted by atomic mass is 16.2. The van der Waals surface area contributed by atoms with E-state index in [-0.39, 0.29) is 28.9 Å². The molecular weight excluding hydrogens is 332 g/mol. The molecule has 1 fully saturated rings. The predicted octanol–water partition coefficient (Wildman–Crippen LogP) is 2.40. The quantitative estimate of drug-likeness (QED) is 0.549. The zero-order valence-corrected chi connectivity index (χ0v) is 16.8. The van der Waals surface area contributed by atoms with E-state index in [0.29, 0.717) is 19.3 Å². The van der Waals surface area contributed by atoms with E-state index in [4.69, 9.17) is 0 Å². The maximum Gasteiger partial charge on any atom is 0.224 e. The summed E-state index contributed by atoms with van der Waals surface area (Å²) in [5.41, 5.74) is -0.207. The summed E-state index contributed by atoms with van der Waals surface area (Å²) in [6.07, 6.45) is 4.57. The van der Waals surface area contributed by atoms with Crippen LogP contribution in [0.1, 0.15) is 72.6 Å². The van der Waals surface area contributed by atoms with E-state index in [1.807, 2.05) is 20.8 Å². The Bertz CT molecular complexity index is 514. The molecule has 0 aromatic rings. The van der Waals surface area contributed by atoms with Crippen LogP contribution in [0.4, 0.5) is 0 Å². The van der Waals surface area contributed by atoms with E-state index in [2.05, 4.69) is 10.6 Å². The van der Waals surface area contributed by atoms with Crippen LogP contribution in [0.2, 0.25) is 0 Å². The first-order valence-corrected chi connectivity index (χ1v) is 9.70. The minimum absolute atomic E-state index is 0.00168. The highest BCUT2D eigenvalue weighted by Gasteiger charge is 2.60. The van der Waals surface area contributed by atoms with Gasteiger partial charge in [0.05, 0.1) is 5.92 Å². The third-order valence-electron chi connectivity index (χ3n) is 4.75. The molecule has 6 nitrogen and oxygen atoms in total. The zero-order chi connectivity index (χ0) is 19.9. The number of hydrogen-bond acceptors (Lipinski definition) is 4. The Morgan fingerprint density at radius 2 is 1.35 bits per heavy atom. The summed E-state index contributed by atoms with van der Waals surface area (Å²) >= 11 is 0. The first kappa shape index (κ1) is 22.3. The maximum atomic E-state index is 12.4. The SMILES string of the molecule is CCC(=O)C1C(C(=O)CCCCCCC(=O)NC(C)(C)C)C1C(=O)NC. The van der Waals surface area contributed by atoms with Gasteiger partial charge in [0.1, 0.15) is 11.6 Å². The van der Waals surface area contributed by atoms with Gasteiger partial charge < -0.3 is 10.6 Å². The van der Waals surface area contributed by atoms with Gasteiger partial charge in [0, 0.05) is 43.7 Å². The van der Waals surface area contributed by atoms with Crippen molar-refractivity contribution in [3.05, 3.63) is 0 Å². The summed E-state index contributed by atoms with van der Waals surface area (Å²) in [4.78, 5) is 47.9. The summed E-state index contributed by atoms with van der Waals surface area (Å²) in [6.45, 7) is 7.63. The number of nitrogens with one attached hydrogen (secondary N) is 2. The minimum Gasteiger partial charge on any atom is -0.359 e. The van der Waals surface area contributed by atoms with Crippen LogP contribution in [0.25, 0.3) is 0 Å². The predicted molar refractivity (Wildman–Crippen MR) is 100 cm³/mol. The Balaban J connectivity index is 2.27. The Hall–Kier alpha value is -1.72. The molecule has 148 valence electrons. The molecule has 6 heteroatoms. The van der Waals surface area contributed by atoms with E-state index >= 15 is 0 Å². The first-order chi connectivity index (χ1) is 12.1. The number of ketones is 2. The molecule has 0 aromatic carbocycles. The fraction of sp³-hybridized carbons (Fsp3) is 0.800. The average molecular weight is 367 g/mol. The molecule has 0 aromatic heterocycles. The smallest absolute Gasteiger partial charge is 0.224 e. The van der Waals surface area contributed by atoms with Crippen molar-refractivity contribution in [2.45, 2.75) is 78.2 Å². The van der Waals surface area contributed by atoms with Gasteiger partial charge in [-0.05, 0) is 33.6 Å². The lowest BCUT2D eigenvalue weighted by Gasteiger charge is -2.20. The number of unbranched alkanes of at least 4 members (excludes halogenated alkanes) is 3. The van der Waals surface area contributed by atoms with Gasteiger partial charge in [-0.25, -0.2) is 0 Å². The summed E-state index contributed by atoms with van der Waals surface area (Å²) < 4.78 is 0. The molecule has 3 atom stereocenters. The average Bonchev–Trinajstić information content (AvgIpc) is 3.30. The Morgan fingerprint density at radius 3 is 1.85 bits per heavy atom. The fourth-order valence-electron chi connectivity index (χ4n) is 3.43. The van der Waals surface area contributed by atoms with Crippen molar-refractivity contribution in [3.63, 3.8) is 0 Å². The summed E-state index contributed by atoms with van der Waals surface area (Å²) in [5.74, 6) is -1.45. The molecular formula is C20H34N2O4. The number of carbonyl (C=O) groups is 4. The van der Waals surface area contributed by atoms with Crippen LogP contribution < -0.4 is 10.6 Å². The van der Waals surface area contributed by atoms with Crippen LogP contribution in [-0.4, -0.2) is 36.0 Å². The summed E-state index contributed by atoms with van der Waals surface area (Å²) in [5, 5.41) is 5.48. The summed E-state index contributed by atoms with van der Waals surface area (Å²) in [6, 6.07) is 0. The largest absolute Gasteiger partial charge is 0.359 e. The molecule has 2 amide bonds. The van der Waals surface area contributed by atoms with Crippen molar-refractivity contribution in [1.29, 1.82) is 0 Å². The van der Waals surface area contributed by atoms with Gasteiger partial charge in [-0.1, -0.05) is 19.8 Å². The third-order valence-corrected chi connectivity index (χ3v) is 4.75. The van der Waals surface area contributed by atoms with Crippen molar-refractivity contribution in [2.75, 3.05) is 7.05 Å². The topological polar surface area (TPSA) is 92.3 Å². The van der Waals surface area contributed by atoms with Gasteiger partial charge >= 0.3 is 0 Å². The van der Waals surface area contributed by atoms with Crippen molar-refractivity contribution < 1.29 is 19.2 Å².